The van der Waals surface area contributed by atoms with E-state index in [2.05, 4.69) is 4.99 Å². The molecule has 0 unspecified atom stereocenters. The fourth-order valence-electron chi connectivity index (χ4n) is 2.44. The number of nitrogens with two attached hydrogens (primary N) is 1. The molecular formula is C29H24F5N2O5S-. The number of hydrogen-bond acceptors (Lipinski definition) is 7. The average molecular weight is 606 g/mol. The van der Waals surface area contributed by atoms with Gasteiger partial charge in [-0.15, -0.1) is 0 Å². The van der Waals surface area contributed by atoms with E-state index in [1.165, 1.54) is 42.0 Å². The van der Waals surface area contributed by atoms with Crippen molar-refractivity contribution in [2.24, 2.45) is 4.99 Å². The number of halogens is 5. The summed E-state index contributed by atoms with van der Waals surface area (Å²) in [7, 11) is -6.09. The first-order valence-corrected chi connectivity index (χ1v) is 13.0. The Morgan fingerprint density at radius 3 is 1.40 bits per heavy atom. The summed E-state index contributed by atoms with van der Waals surface area (Å²) in [6, 6.07) is 26.2. The lowest BCUT2D eigenvalue weighted by atomic mass is 10.2. The third kappa shape index (κ3) is 14.6. The summed E-state index contributed by atoms with van der Waals surface area (Å²) >= 11 is 0. The number of anilines is 1. The predicted molar refractivity (Wildman–Crippen MR) is 149 cm³/mol. The molecule has 0 saturated carbocycles. The maximum absolute atomic E-state index is 12.6. The Hall–Kier alpha value is -4.75. The number of carbonyl (C=O) groups excluding carboxylic acids is 2. The zero-order valence-electron chi connectivity index (χ0n) is 21.8. The Morgan fingerprint density at radius 2 is 1.05 bits per heavy atom. The second-order valence-corrected chi connectivity index (χ2v) is 9.37. The normalized spacial score (nSPS) is 10.6. The molecule has 0 bridgehead atoms. The van der Waals surface area contributed by atoms with Gasteiger partial charge in [0.15, 0.2) is 10.1 Å². The van der Waals surface area contributed by atoms with E-state index in [9.17, 15) is 31.5 Å². The van der Waals surface area contributed by atoms with Crippen molar-refractivity contribution in [1.29, 1.82) is 0 Å². The first-order chi connectivity index (χ1) is 19.6. The van der Waals surface area contributed by atoms with Gasteiger partial charge in [-0.3, -0.25) is 14.6 Å². The molecular weight excluding hydrogens is 581 g/mol. The topological polar surface area (TPSA) is 130 Å². The molecule has 0 aliphatic heterocycles. The van der Waals surface area contributed by atoms with Gasteiger partial charge in [0.25, 0.3) is 0 Å². The number of carbonyl (C=O) groups is 2. The van der Waals surface area contributed by atoms with Crippen molar-refractivity contribution in [2.45, 2.75) is 12.4 Å². The van der Waals surface area contributed by atoms with Crippen LogP contribution >= 0.6 is 0 Å². The maximum atomic E-state index is 12.6. The number of aldehydes is 2. The van der Waals surface area contributed by atoms with Crippen LogP contribution in [-0.2, 0) is 10.1 Å². The zero-order valence-corrected chi connectivity index (χ0v) is 22.7. The molecule has 0 spiro atoms. The molecule has 0 aromatic heterocycles. The van der Waals surface area contributed by atoms with Crippen molar-refractivity contribution in [3.8, 4) is 0 Å². The Morgan fingerprint density at radius 1 is 0.690 bits per heavy atom. The molecule has 42 heavy (non-hydrogen) atoms. The van der Waals surface area contributed by atoms with Crippen LogP contribution in [0.15, 0.2) is 102 Å². The quantitative estimate of drug-likeness (QED) is 0.0692. The molecule has 2 N–H and O–H groups in total. The fourth-order valence-corrected chi connectivity index (χ4v) is 2.44. The van der Waals surface area contributed by atoms with Gasteiger partial charge < -0.3 is 10.3 Å². The molecule has 0 fully saturated rings. The molecule has 0 radical (unpaired) electrons. The molecule has 0 atom stereocenters. The van der Waals surface area contributed by atoms with Crippen molar-refractivity contribution >= 4 is 40.3 Å². The Labute approximate surface area is 238 Å². The molecule has 222 valence electrons. The third-order valence-corrected chi connectivity index (χ3v) is 5.20. The summed E-state index contributed by atoms with van der Waals surface area (Å²) in [6.07, 6.45) is 3.21. The van der Waals surface area contributed by atoms with Crippen LogP contribution in [0.5, 0.6) is 0 Å². The van der Waals surface area contributed by atoms with E-state index >= 15 is 0 Å². The SMILES string of the molecule is Cc1ccc(C=O)cc1.Nc1ccc(N=Cc2ccc([18F])cc2)cc1.O=Cc1ccc([18F])cc1.O=S(=O)([O-])C(F)(F)F. The first-order valence-electron chi connectivity index (χ1n) is 11.5. The van der Waals surface area contributed by atoms with Gasteiger partial charge >= 0.3 is 5.51 Å². The van der Waals surface area contributed by atoms with Crippen molar-refractivity contribution in [2.75, 3.05) is 5.73 Å². The number of nitrogens with zero attached hydrogens (tertiary/aromatic N) is 1. The molecule has 13 heteroatoms. The lowest BCUT2D eigenvalue weighted by Crippen LogP contribution is -2.21. The lowest BCUT2D eigenvalue weighted by molar-refractivity contribution is -0.0517. The highest BCUT2D eigenvalue weighted by Gasteiger charge is 2.36. The minimum absolute atomic E-state index is 0.246. The van der Waals surface area contributed by atoms with E-state index in [-0.39, 0.29) is 11.6 Å². The smallest absolute Gasteiger partial charge is 0.485 e. The molecule has 0 saturated heterocycles. The van der Waals surface area contributed by atoms with E-state index in [1.54, 1.807) is 30.5 Å². The minimum Gasteiger partial charge on any atom is -0.741 e. The highest BCUT2D eigenvalue weighted by molar-refractivity contribution is 7.86. The molecule has 0 amide bonds. The standard InChI is InChI=1S/C13H11FN2.C8H8O.C7H5FO.CHF3O3S/c14-11-3-1-10(2-4-11)9-16-13-7-5-12(15)6-8-13;1-7-2-4-8(6-9)5-3-7;8-7-3-1-6(5-9)2-4-7;2-1(3,4)8(5,6)7/h1-9H,15H2;2-6H,1H3;1-5H;(H,5,6,7)/p-1/i14-1;;8-1;. The third-order valence-electron chi connectivity index (χ3n) is 4.63. The van der Waals surface area contributed by atoms with E-state index in [1.807, 2.05) is 43.3 Å². The number of alkyl halides is 3. The van der Waals surface area contributed by atoms with Crippen molar-refractivity contribution < 1.29 is 44.5 Å². The van der Waals surface area contributed by atoms with Gasteiger partial charge in [-0.2, -0.15) is 13.2 Å². The number of aryl methyl sites for hydroxylation is 1. The molecule has 0 aliphatic rings. The Kier molecular flexibility index (Phi) is 14.4. The predicted octanol–water partition coefficient (Wildman–Crippen LogP) is 6.66. The van der Waals surface area contributed by atoms with Gasteiger partial charge in [-0.05, 0) is 73.2 Å². The van der Waals surface area contributed by atoms with Gasteiger partial charge in [-0.1, -0.05) is 42.0 Å². The molecule has 4 aromatic carbocycles. The second kappa shape index (κ2) is 17.1. The monoisotopic (exact) mass is 605 g/mol. The van der Waals surface area contributed by atoms with Gasteiger partial charge in [0.2, 0.25) is 0 Å². The van der Waals surface area contributed by atoms with E-state index in [0.717, 1.165) is 23.1 Å². The molecule has 4 aromatic rings. The summed E-state index contributed by atoms with van der Waals surface area (Å²) < 4.78 is 83.6. The number of hydrogen-bond donors (Lipinski definition) is 1. The van der Waals surface area contributed by atoms with Crippen LogP contribution in [-0.4, -0.2) is 37.3 Å². The van der Waals surface area contributed by atoms with Crippen molar-refractivity contribution in [3.63, 3.8) is 0 Å². The van der Waals surface area contributed by atoms with Crippen molar-refractivity contribution in [3.05, 3.63) is 131 Å². The zero-order chi connectivity index (χ0) is 31.8. The van der Waals surface area contributed by atoms with Crippen molar-refractivity contribution in [1.82, 2.24) is 0 Å². The van der Waals surface area contributed by atoms with Gasteiger partial charge in [0.1, 0.15) is 24.2 Å². The Bertz CT molecular complexity index is 1430. The average Bonchev–Trinajstić information content (AvgIpc) is 2.94. The van der Waals surface area contributed by atoms with Crippen LogP contribution in [0.2, 0.25) is 0 Å². The largest absolute Gasteiger partial charge is 0.741 e. The minimum atomic E-state index is -6.09. The van der Waals surface area contributed by atoms with Crippen LogP contribution in [0.4, 0.5) is 33.3 Å². The van der Waals surface area contributed by atoms with E-state index in [0.29, 0.717) is 17.5 Å². The van der Waals surface area contributed by atoms with Crippen LogP contribution < -0.4 is 5.73 Å². The number of aliphatic imine (C=N–C) groups is 1. The van der Waals surface area contributed by atoms with Crippen LogP contribution in [0.1, 0.15) is 31.8 Å². The summed E-state index contributed by atoms with van der Waals surface area (Å²) in [6.45, 7) is 1.99. The second-order valence-electron chi connectivity index (χ2n) is 8.00. The van der Waals surface area contributed by atoms with Gasteiger partial charge in [0.05, 0.1) is 5.69 Å². The van der Waals surface area contributed by atoms with Crippen LogP contribution in [0.25, 0.3) is 0 Å². The van der Waals surface area contributed by atoms with E-state index in [4.69, 9.17) is 18.7 Å². The Balaban J connectivity index is 0.000000295. The van der Waals surface area contributed by atoms with Gasteiger partial charge in [0, 0.05) is 23.0 Å². The molecule has 7 nitrogen and oxygen atoms in total. The number of rotatable bonds is 4. The fraction of sp³-hybridized carbons (Fsp3) is 0.0690. The first kappa shape index (κ1) is 35.3. The van der Waals surface area contributed by atoms with Crippen LogP contribution in [0.3, 0.4) is 0 Å². The maximum Gasteiger partial charge on any atom is 0.485 e. The molecule has 0 aliphatic carbocycles. The highest BCUT2D eigenvalue weighted by Crippen LogP contribution is 2.20. The number of benzene rings is 4. The summed E-state index contributed by atoms with van der Waals surface area (Å²) in [5.74, 6) is -0.565. The summed E-state index contributed by atoms with van der Waals surface area (Å²) in [5, 5.41) is 0. The van der Waals surface area contributed by atoms with Gasteiger partial charge in [-0.25, -0.2) is 17.2 Å². The highest BCUT2D eigenvalue weighted by atomic mass is 32.2. The lowest BCUT2D eigenvalue weighted by Gasteiger charge is -2.08. The molecule has 4 rings (SSSR count). The number of nitrogen functional groups attached to an aromatic ring is 1. The van der Waals surface area contributed by atoms with Crippen LogP contribution in [0, 0.1) is 18.6 Å². The molecule has 0 heterocycles. The van der Waals surface area contributed by atoms with E-state index < -0.39 is 15.6 Å². The summed E-state index contributed by atoms with van der Waals surface area (Å²) in [4.78, 5) is 24.4. The summed E-state index contributed by atoms with van der Waals surface area (Å²) in [5.41, 5.74) is 4.71.